The van der Waals surface area contributed by atoms with E-state index in [2.05, 4.69) is 4.99 Å². The lowest BCUT2D eigenvalue weighted by molar-refractivity contribution is -0.138. The maximum absolute atomic E-state index is 11.6. The first-order valence-electron chi connectivity index (χ1n) is 6.80. The molecule has 0 atom stereocenters. The molecule has 0 saturated carbocycles. The Balaban J connectivity index is 1.76. The second kappa shape index (κ2) is 5.37. The van der Waals surface area contributed by atoms with Gasteiger partial charge >= 0.3 is 0 Å². The van der Waals surface area contributed by atoms with Crippen LogP contribution < -0.4 is 0 Å². The average molecular weight is 291 g/mol. The van der Waals surface area contributed by atoms with Crippen molar-refractivity contribution < 1.29 is 9.59 Å². The molecule has 0 unspecified atom stereocenters. The van der Waals surface area contributed by atoms with Gasteiger partial charge in [0.2, 0.25) is 11.8 Å². The molecule has 1 fully saturated rings. The highest BCUT2D eigenvalue weighted by Crippen LogP contribution is 2.23. The van der Waals surface area contributed by atoms with Gasteiger partial charge in [0.25, 0.3) is 0 Å². The number of hydrogen-bond acceptors (Lipinski definition) is 3. The van der Waals surface area contributed by atoms with E-state index in [-0.39, 0.29) is 11.8 Å². The number of rotatable bonds is 3. The Bertz CT molecular complexity index is 594. The van der Waals surface area contributed by atoms with Crippen LogP contribution in [0.15, 0.2) is 23.2 Å². The highest BCUT2D eigenvalue weighted by atomic mass is 35.5. The van der Waals surface area contributed by atoms with Gasteiger partial charge in [-0.2, -0.15) is 0 Å². The van der Waals surface area contributed by atoms with Gasteiger partial charge in [0, 0.05) is 48.6 Å². The number of nitrogens with zero attached hydrogens (tertiary/aromatic N) is 2. The minimum Gasteiger partial charge on any atom is -0.289 e. The van der Waals surface area contributed by atoms with Crippen LogP contribution in [0.5, 0.6) is 0 Å². The third-order valence-corrected chi connectivity index (χ3v) is 4.03. The quantitative estimate of drug-likeness (QED) is 0.802. The molecule has 1 aromatic carbocycles. The Morgan fingerprint density at radius 2 is 1.90 bits per heavy atom. The van der Waals surface area contributed by atoms with Crippen molar-refractivity contribution in [2.45, 2.75) is 25.7 Å². The molecule has 104 valence electrons. The maximum atomic E-state index is 11.6. The molecule has 20 heavy (non-hydrogen) atoms. The summed E-state index contributed by atoms with van der Waals surface area (Å²) in [5, 5.41) is 0.687. The van der Waals surface area contributed by atoms with Crippen LogP contribution in [0.3, 0.4) is 0 Å². The van der Waals surface area contributed by atoms with E-state index >= 15 is 0 Å². The zero-order chi connectivity index (χ0) is 14.1. The largest absolute Gasteiger partial charge is 0.289 e. The summed E-state index contributed by atoms with van der Waals surface area (Å²) in [7, 11) is 0. The number of imide groups is 1. The van der Waals surface area contributed by atoms with E-state index in [1.54, 1.807) is 0 Å². The molecule has 2 aliphatic rings. The fourth-order valence-corrected chi connectivity index (χ4v) is 2.91. The van der Waals surface area contributed by atoms with Crippen molar-refractivity contribution >= 4 is 29.1 Å². The Morgan fingerprint density at radius 1 is 1.15 bits per heavy atom. The van der Waals surface area contributed by atoms with Gasteiger partial charge in [-0.1, -0.05) is 17.7 Å². The van der Waals surface area contributed by atoms with Crippen LogP contribution in [0.25, 0.3) is 0 Å². The highest BCUT2D eigenvalue weighted by Gasteiger charge is 2.29. The minimum atomic E-state index is -0.0715. The van der Waals surface area contributed by atoms with Crippen molar-refractivity contribution in [3.8, 4) is 0 Å². The second-order valence-electron chi connectivity index (χ2n) is 5.07. The zero-order valence-electron chi connectivity index (χ0n) is 11.1. The Hall–Kier alpha value is -1.68. The van der Waals surface area contributed by atoms with E-state index in [1.807, 2.05) is 18.2 Å². The van der Waals surface area contributed by atoms with Gasteiger partial charge in [-0.05, 0) is 24.1 Å². The van der Waals surface area contributed by atoms with E-state index in [9.17, 15) is 9.59 Å². The number of hydrogen-bond donors (Lipinski definition) is 0. The smallest absolute Gasteiger partial charge is 0.229 e. The van der Waals surface area contributed by atoms with Gasteiger partial charge < -0.3 is 0 Å². The normalized spacial score (nSPS) is 18.2. The van der Waals surface area contributed by atoms with E-state index < -0.39 is 0 Å². The molecule has 0 radical (unpaired) electrons. The predicted octanol–water partition coefficient (Wildman–Crippen LogP) is 2.22. The number of carbonyl (C=O) groups is 2. The van der Waals surface area contributed by atoms with Gasteiger partial charge in [0.05, 0.1) is 0 Å². The van der Waals surface area contributed by atoms with Gasteiger partial charge in [-0.25, -0.2) is 0 Å². The van der Waals surface area contributed by atoms with Crippen LogP contribution in [0.4, 0.5) is 0 Å². The molecule has 1 saturated heterocycles. The van der Waals surface area contributed by atoms with Crippen molar-refractivity contribution in [3.63, 3.8) is 0 Å². The lowest BCUT2D eigenvalue weighted by Gasteiger charge is -2.19. The molecule has 0 aromatic heterocycles. The molecule has 0 N–H and O–H groups in total. The maximum Gasteiger partial charge on any atom is 0.229 e. The number of likely N-dealkylation sites (tertiary alicyclic amines) is 1. The fraction of sp³-hybridized carbons (Fsp3) is 0.400. The Morgan fingerprint density at radius 3 is 2.65 bits per heavy atom. The molecule has 3 rings (SSSR count). The summed E-state index contributed by atoms with van der Waals surface area (Å²) in [6.45, 7) is 1.17. The third-order valence-electron chi connectivity index (χ3n) is 3.79. The van der Waals surface area contributed by atoms with Crippen LogP contribution in [-0.4, -0.2) is 35.5 Å². The van der Waals surface area contributed by atoms with Crippen LogP contribution >= 0.6 is 11.6 Å². The van der Waals surface area contributed by atoms with Gasteiger partial charge in [-0.3, -0.25) is 19.5 Å². The van der Waals surface area contributed by atoms with E-state index in [0.29, 0.717) is 30.8 Å². The summed E-state index contributed by atoms with van der Waals surface area (Å²) in [5.74, 6) is -0.143. The standard InChI is InChI=1S/C15H15ClN2O2/c16-11-2-1-10-5-7-17-13(12(10)9-11)6-8-18-14(19)3-4-15(18)20/h1-2,9H,3-8H2. The van der Waals surface area contributed by atoms with Crippen molar-refractivity contribution in [3.05, 3.63) is 34.3 Å². The molecule has 1 aromatic rings. The highest BCUT2D eigenvalue weighted by molar-refractivity contribution is 6.31. The number of halogens is 1. The predicted molar refractivity (Wildman–Crippen MR) is 77.1 cm³/mol. The van der Waals surface area contributed by atoms with E-state index in [0.717, 1.165) is 24.2 Å². The average Bonchev–Trinajstić information content (AvgIpc) is 2.76. The number of benzene rings is 1. The Labute approximate surface area is 122 Å². The Kier molecular flexibility index (Phi) is 3.57. The van der Waals surface area contributed by atoms with Crippen LogP contribution in [-0.2, 0) is 16.0 Å². The summed E-state index contributed by atoms with van der Waals surface area (Å²) in [6, 6.07) is 5.83. The molecule has 0 spiro atoms. The van der Waals surface area contributed by atoms with Crippen molar-refractivity contribution in [2.75, 3.05) is 13.1 Å². The molecule has 5 heteroatoms. The van der Waals surface area contributed by atoms with E-state index in [1.165, 1.54) is 10.5 Å². The first-order chi connectivity index (χ1) is 9.65. The number of amides is 2. The first-order valence-corrected chi connectivity index (χ1v) is 7.18. The summed E-state index contributed by atoms with van der Waals surface area (Å²) in [6.07, 6.45) is 2.20. The van der Waals surface area contributed by atoms with Crippen LogP contribution in [0.1, 0.15) is 30.4 Å². The zero-order valence-corrected chi connectivity index (χ0v) is 11.8. The third kappa shape index (κ3) is 2.48. The lowest BCUT2D eigenvalue weighted by atomic mass is 9.96. The second-order valence-corrected chi connectivity index (χ2v) is 5.51. The lowest BCUT2D eigenvalue weighted by Crippen LogP contribution is -2.31. The molecule has 4 nitrogen and oxygen atoms in total. The van der Waals surface area contributed by atoms with Gasteiger partial charge in [0.15, 0.2) is 0 Å². The van der Waals surface area contributed by atoms with Crippen LogP contribution in [0, 0.1) is 0 Å². The summed E-state index contributed by atoms with van der Waals surface area (Å²) in [4.78, 5) is 29.1. The van der Waals surface area contributed by atoms with Gasteiger partial charge in [-0.15, -0.1) is 0 Å². The molecular formula is C15H15ClN2O2. The minimum absolute atomic E-state index is 0.0715. The topological polar surface area (TPSA) is 49.7 Å². The molecule has 0 bridgehead atoms. The van der Waals surface area contributed by atoms with Crippen molar-refractivity contribution in [2.24, 2.45) is 4.99 Å². The fourth-order valence-electron chi connectivity index (χ4n) is 2.74. The number of carbonyl (C=O) groups excluding carboxylic acids is 2. The molecule has 2 aliphatic heterocycles. The molecule has 0 aliphatic carbocycles. The van der Waals surface area contributed by atoms with Crippen molar-refractivity contribution in [1.82, 2.24) is 4.90 Å². The number of fused-ring (bicyclic) bond motifs is 1. The monoisotopic (exact) mass is 290 g/mol. The molecule has 2 heterocycles. The molecular weight excluding hydrogens is 276 g/mol. The van der Waals surface area contributed by atoms with Gasteiger partial charge in [0.1, 0.15) is 0 Å². The van der Waals surface area contributed by atoms with E-state index in [4.69, 9.17) is 11.6 Å². The van der Waals surface area contributed by atoms with Crippen molar-refractivity contribution in [1.29, 1.82) is 0 Å². The van der Waals surface area contributed by atoms with Crippen LogP contribution in [0.2, 0.25) is 5.02 Å². The first kappa shape index (κ1) is 13.3. The SMILES string of the molecule is O=C1CCC(=O)N1CCC1=NCCc2ccc(Cl)cc21. The number of aliphatic imine (C=N–C) groups is 1. The molecule has 2 amide bonds. The summed E-state index contributed by atoms with van der Waals surface area (Å²) in [5.41, 5.74) is 3.24. The summed E-state index contributed by atoms with van der Waals surface area (Å²) >= 11 is 6.04. The summed E-state index contributed by atoms with van der Waals surface area (Å²) < 4.78 is 0.